The van der Waals surface area contributed by atoms with Gasteiger partial charge in [-0.3, -0.25) is 9.52 Å². The molecule has 0 aliphatic heterocycles. The molecule has 0 fully saturated rings. The van der Waals surface area contributed by atoms with Crippen LogP contribution in [0.25, 0.3) is 0 Å². The van der Waals surface area contributed by atoms with E-state index in [-0.39, 0.29) is 9.99 Å². The molecule has 0 saturated carbocycles. The zero-order chi connectivity index (χ0) is 14.0. The third-order valence-electron chi connectivity index (χ3n) is 2.52. The molecule has 1 aromatic heterocycles. The van der Waals surface area contributed by atoms with Crippen molar-refractivity contribution in [2.45, 2.75) is 18.1 Å². The minimum absolute atomic E-state index is 0.0525. The van der Waals surface area contributed by atoms with Gasteiger partial charge < -0.3 is 0 Å². The van der Waals surface area contributed by atoms with Crippen molar-refractivity contribution in [1.82, 2.24) is 0 Å². The fourth-order valence-corrected chi connectivity index (χ4v) is 3.88. The zero-order valence-corrected chi connectivity index (χ0v) is 12.1. The monoisotopic (exact) mass is 295 g/mol. The molecule has 0 saturated heterocycles. The predicted molar refractivity (Wildman–Crippen MR) is 76.3 cm³/mol. The third kappa shape index (κ3) is 3.21. The summed E-state index contributed by atoms with van der Waals surface area (Å²) < 4.78 is 26.9. The predicted octanol–water partition coefficient (Wildman–Crippen LogP) is 3.06. The minimum atomic E-state index is -3.54. The Morgan fingerprint density at radius 1 is 1.11 bits per heavy atom. The number of benzene rings is 1. The molecule has 0 bridgehead atoms. The Bertz CT molecular complexity index is 700. The lowest BCUT2D eigenvalue weighted by atomic mass is 10.1. The van der Waals surface area contributed by atoms with E-state index >= 15 is 0 Å². The number of thiophene rings is 1. The van der Waals surface area contributed by atoms with E-state index < -0.39 is 10.0 Å². The van der Waals surface area contributed by atoms with Gasteiger partial charge in [-0.15, -0.1) is 11.3 Å². The molecule has 0 atom stereocenters. The van der Waals surface area contributed by atoms with Crippen molar-refractivity contribution in [3.05, 3.63) is 46.8 Å². The number of carbonyl (C=O) groups excluding carboxylic acids is 1. The van der Waals surface area contributed by atoms with Crippen LogP contribution in [0, 0.1) is 6.92 Å². The molecule has 2 aromatic rings. The first-order valence-electron chi connectivity index (χ1n) is 5.59. The van der Waals surface area contributed by atoms with Gasteiger partial charge in [0, 0.05) is 16.1 Å². The van der Waals surface area contributed by atoms with Crippen molar-refractivity contribution in [2.24, 2.45) is 0 Å². The van der Waals surface area contributed by atoms with Crippen molar-refractivity contribution < 1.29 is 13.2 Å². The smallest absolute Gasteiger partial charge is 0.271 e. The molecule has 0 spiro atoms. The average Bonchev–Trinajstić information content (AvgIpc) is 2.77. The van der Waals surface area contributed by atoms with Crippen LogP contribution in [0.15, 0.2) is 40.6 Å². The second-order valence-corrected chi connectivity index (χ2v) is 7.30. The van der Waals surface area contributed by atoms with E-state index in [2.05, 4.69) is 4.72 Å². The molecule has 4 nitrogen and oxygen atoms in total. The number of anilines is 1. The van der Waals surface area contributed by atoms with Gasteiger partial charge >= 0.3 is 0 Å². The summed E-state index contributed by atoms with van der Waals surface area (Å²) in [6.45, 7) is 3.32. The topological polar surface area (TPSA) is 63.2 Å². The molecule has 1 aromatic carbocycles. The van der Waals surface area contributed by atoms with E-state index in [1.807, 2.05) is 6.92 Å². The summed E-state index contributed by atoms with van der Waals surface area (Å²) in [5, 5.41) is 0. The van der Waals surface area contributed by atoms with Gasteiger partial charge in [-0.25, -0.2) is 8.42 Å². The van der Waals surface area contributed by atoms with Crippen LogP contribution >= 0.6 is 11.3 Å². The van der Waals surface area contributed by atoms with Gasteiger partial charge in [0.15, 0.2) is 5.78 Å². The van der Waals surface area contributed by atoms with Crippen LogP contribution in [0.1, 0.15) is 22.2 Å². The Labute approximate surface area is 116 Å². The van der Waals surface area contributed by atoms with Crippen molar-refractivity contribution in [2.75, 3.05) is 4.72 Å². The van der Waals surface area contributed by atoms with Gasteiger partial charge in [0.2, 0.25) is 0 Å². The number of aryl methyl sites for hydroxylation is 1. The Balaban J connectivity index is 2.23. The number of hydrogen-bond donors (Lipinski definition) is 1. The number of Topliss-reactive ketones (excluding diaryl/α,β-unsaturated/α-hetero) is 1. The van der Waals surface area contributed by atoms with E-state index in [0.717, 1.165) is 4.88 Å². The van der Waals surface area contributed by atoms with Crippen LogP contribution in [0.4, 0.5) is 5.69 Å². The number of ketones is 1. The lowest BCUT2D eigenvalue weighted by molar-refractivity contribution is 0.101. The Morgan fingerprint density at radius 3 is 2.21 bits per heavy atom. The fourth-order valence-electron chi connectivity index (χ4n) is 1.53. The van der Waals surface area contributed by atoms with Gasteiger partial charge in [0.05, 0.1) is 0 Å². The third-order valence-corrected chi connectivity index (χ3v) is 5.40. The summed E-state index contributed by atoms with van der Waals surface area (Å²) in [5.41, 5.74) is 0.992. The van der Waals surface area contributed by atoms with E-state index in [1.54, 1.807) is 36.4 Å². The van der Waals surface area contributed by atoms with Crippen LogP contribution in [-0.2, 0) is 10.0 Å². The molecular weight excluding hydrogens is 282 g/mol. The Morgan fingerprint density at radius 2 is 1.74 bits per heavy atom. The molecule has 6 heteroatoms. The highest BCUT2D eigenvalue weighted by molar-refractivity contribution is 7.94. The summed E-state index contributed by atoms with van der Waals surface area (Å²) in [5.74, 6) is -0.0525. The maximum atomic E-state index is 12.1. The van der Waals surface area contributed by atoms with Crippen LogP contribution in [-0.4, -0.2) is 14.2 Å². The Hall–Kier alpha value is -1.66. The molecule has 19 heavy (non-hydrogen) atoms. The van der Waals surface area contributed by atoms with Crippen LogP contribution < -0.4 is 4.72 Å². The largest absolute Gasteiger partial charge is 0.295 e. The van der Waals surface area contributed by atoms with Crippen molar-refractivity contribution in [1.29, 1.82) is 0 Å². The van der Waals surface area contributed by atoms with E-state index in [0.29, 0.717) is 11.3 Å². The summed E-state index contributed by atoms with van der Waals surface area (Å²) in [6, 6.07) is 9.69. The van der Waals surface area contributed by atoms with E-state index in [4.69, 9.17) is 0 Å². The van der Waals surface area contributed by atoms with E-state index in [1.165, 1.54) is 18.3 Å². The van der Waals surface area contributed by atoms with Gasteiger partial charge in [-0.1, -0.05) is 0 Å². The van der Waals surface area contributed by atoms with E-state index in [9.17, 15) is 13.2 Å². The summed E-state index contributed by atoms with van der Waals surface area (Å²) in [7, 11) is -3.54. The lowest BCUT2D eigenvalue weighted by Crippen LogP contribution is -2.11. The first kappa shape index (κ1) is 13.8. The maximum Gasteiger partial charge on any atom is 0.271 e. The zero-order valence-electron chi connectivity index (χ0n) is 10.5. The quantitative estimate of drug-likeness (QED) is 0.882. The maximum absolute atomic E-state index is 12.1. The second-order valence-electron chi connectivity index (χ2n) is 4.10. The van der Waals surface area contributed by atoms with Crippen LogP contribution in [0.3, 0.4) is 0 Å². The van der Waals surface area contributed by atoms with Crippen LogP contribution in [0.2, 0.25) is 0 Å². The van der Waals surface area contributed by atoms with Gasteiger partial charge in [0.1, 0.15) is 4.21 Å². The average molecular weight is 295 g/mol. The van der Waals surface area contributed by atoms with Crippen molar-refractivity contribution in [3.8, 4) is 0 Å². The Kier molecular flexibility index (Phi) is 3.73. The molecule has 0 unspecified atom stereocenters. The number of rotatable bonds is 4. The molecule has 0 aliphatic carbocycles. The summed E-state index contributed by atoms with van der Waals surface area (Å²) >= 11 is 1.22. The first-order chi connectivity index (χ1) is 8.88. The number of nitrogens with one attached hydrogen (secondary N) is 1. The van der Waals surface area contributed by atoms with Gasteiger partial charge in [-0.2, -0.15) is 0 Å². The molecule has 0 aliphatic rings. The highest BCUT2D eigenvalue weighted by atomic mass is 32.2. The molecule has 0 radical (unpaired) electrons. The summed E-state index contributed by atoms with van der Waals surface area (Å²) in [6.07, 6.45) is 0. The highest BCUT2D eigenvalue weighted by Crippen LogP contribution is 2.23. The van der Waals surface area contributed by atoms with Crippen molar-refractivity contribution in [3.63, 3.8) is 0 Å². The fraction of sp³-hybridized carbons (Fsp3) is 0.154. The number of carbonyl (C=O) groups is 1. The molecule has 0 amide bonds. The highest BCUT2D eigenvalue weighted by Gasteiger charge is 2.16. The van der Waals surface area contributed by atoms with Gasteiger partial charge in [0.25, 0.3) is 10.0 Å². The minimum Gasteiger partial charge on any atom is -0.295 e. The SMILES string of the molecule is CC(=O)c1ccc(NS(=O)(=O)c2ccc(C)s2)cc1. The molecule has 2 rings (SSSR count). The van der Waals surface area contributed by atoms with Crippen LogP contribution in [0.5, 0.6) is 0 Å². The molecule has 1 N–H and O–H groups in total. The standard InChI is InChI=1S/C13H13NO3S2/c1-9-3-8-13(18-9)19(16,17)14-12-6-4-11(5-7-12)10(2)15/h3-8,14H,1-2H3. The summed E-state index contributed by atoms with van der Waals surface area (Å²) in [4.78, 5) is 12.1. The second kappa shape index (κ2) is 5.14. The number of hydrogen-bond acceptors (Lipinski definition) is 4. The molecule has 100 valence electrons. The molecular formula is C13H13NO3S2. The normalized spacial score (nSPS) is 11.3. The molecule has 1 heterocycles. The van der Waals surface area contributed by atoms with Gasteiger partial charge in [-0.05, 0) is 50.2 Å². The number of sulfonamides is 1. The lowest BCUT2D eigenvalue weighted by Gasteiger charge is -2.06. The first-order valence-corrected chi connectivity index (χ1v) is 7.89. The van der Waals surface area contributed by atoms with Crippen molar-refractivity contribution >= 4 is 32.8 Å².